The molecule has 10 heteroatoms. The second kappa shape index (κ2) is 9.05. The lowest BCUT2D eigenvalue weighted by Gasteiger charge is -2.26. The Balaban J connectivity index is 1.32. The number of halogens is 1. The first kappa shape index (κ1) is 20.6. The third-order valence-corrected chi connectivity index (χ3v) is 5.92. The van der Waals surface area contributed by atoms with E-state index in [-0.39, 0.29) is 6.10 Å². The summed E-state index contributed by atoms with van der Waals surface area (Å²) in [5, 5.41) is 14.1. The van der Waals surface area contributed by atoms with Gasteiger partial charge in [0.25, 0.3) is 0 Å². The van der Waals surface area contributed by atoms with E-state index in [4.69, 9.17) is 25.6 Å². The molecule has 32 heavy (non-hydrogen) atoms. The second-order valence-electron chi connectivity index (χ2n) is 6.92. The van der Waals surface area contributed by atoms with E-state index in [9.17, 15) is 0 Å². The Bertz CT molecular complexity index is 1260. The van der Waals surface area contributed by atoms with Crippen LogP contribution in [0.25, 0.3) is 11.4 Å². The first-order valence-electron chi connectivity index (χ1n) is 9.85. The maximum atomic E-state index is 6.10. The maximum Gasteiger partial charge on any atom is 0.237 e. The van der Waals surface area contributed by atoms with E-state index in [0.717, 1.165) is 11.3 Å². The summed E-state index contributed by atoms with van der Waals surface area (Å²) >= 11 is 7.49. The van der Waals surface area contributed by atoms with Gasteiger partial charge in [-0.25, -0.2) is 0 Å². The first-order valence-corrected chi connectivity index (χ1v) is 11.2. The molecule has 5 rings (SSSR count). The van der Waals surface area contributed by atoms with Gasteiger partial charge in [0.05, 0.1) is 5.75 Å². The number of allylic oxidation sites excluding steroid dienone is 1. The summed E-state index contributed by atoms with van der Waals surface area (Å²) in [6.45, 7) is 4.73. The topological polar surface area (TPSA) is 88.1 Å². The fraction of sp³-hybridized carbons (Fsp3) is 0.182. The van der Waals surface area contributed by atoms with Crippen molar-refractivity contribution in [2.45, 2.75) is 23.6 Å². The van der Waals surface area contributed by atoms with Gasteiger partial charge in [-0.2, -0.15) is 4.98 Å². The van der Waals surface area contributed by atoms with Crippen LogP contribution in [0.1, 0.15) is 17.8 Å². The number of aromatic nitrogens is 5. The summed E-state index contributed by atoms with van der Waals surface area (Å²) in [5.41, 5.74) is 0.796. The molecule has 0 saturated heterocycles. The minimum Gasteiger partial charge on any atom is -0.485 e. The Morgan fingerprint density at radius 2 is 2.03 bits per heavy atom. The number of fused-ring (bicyclic) bond motifs is 1. The fourth-order valence-corrected chi connectivity index (χ4v) is 4.26. The molecule has 4 aromatic rings. The van der Waals surface area contributed by atoms with Crippen molar-refractivity contribution < 1.29 is 14.0 Å². The zero-order valence-corrected chi connectivity index (χ0v) is 18.4. The Labute approximate surface area is 193 Å². The van der Waals surface area contributed by atoms with Crippen molar-refractivity contribution >= 4 is 23.4 Å². The van der Waals surface area contributed by atoms with Crippen LogP contribution in [0.4, 0.5) is 0 Å². The van der Waals surface area contributed by atoms with Crippen molar-refractivity contribution in [3.8, 4) is 22.9 Å². The number of rotatable bonds is 7. The van der Waals surface area contributed by atoms with Crippen LogP contribution in [0.15, 0.2) is 70.9 Å². The highest BCUT2D eigenvalue weighted by Gasteiger charge is 2.28. The van der Waals surface area contributed by atoms with Gasteiger partial charge >= 0.3 is 0 Å². The summed E-state index contributed by atoms with van der Waals surface area (Å²) in [4.78, 5) is 4.45. The summed E-state index contributed by atoms with van der Waals surface area (Å²) in [6.07, 6.45) is 1.42. The Hall–Kier alpha value is -3.30. The molecular weight excluding hydrogens is 450 g/mol. The zero-order chi connectivity index (χ0) is 21.9. The highest BCUT2D eigenvalue weighted by Crippen LogP contribution is 2.36. The van der Waals surface area contributed by atoms with Gasteiger partial charge in [-0.3, -0.25) is 4.57 Å². The molecular formula is C22H18ClN5O3S. The van der Waals surface area contributed by atoms with Crippen LogP contribution in [-0.2, 0) is 12.3 Å². The van der Waals surface area contributed by atoms with Crippen molar-refractivity contribution in [1.82, 2.24) is 24.9 Å². The van der Waals surface area contributed by atoms with Crippen LogP contribution in [0.2, 0.25) is 5.02 Å². The normalized spacial score (nSPS) is 15.0. The van der Waals surface area contributed by atoms with Crippen LogP contribution >= 0.6 is 23.4 Å². The molecule has 2 aromatic carbocycles. The van der Waals surface area contributed by atoms with Crippen molar-refractivity contribution in [1.29, 1.82) is 0 Å². The molecule has 1 unspecified atom stereocenters. The molecule has 1 aliphatic rings. The van der Waals surface area contributed by atoms with Gasteiger partial charge < -0.3 is 14.0 Å². The average Bonchev–Trinajstić information content (AvgIpc) is 3.45. The number of nitrogens with zero attached hydrogens (tertiary/aromatic N) is 5. The van der Waals surface area contributed by atoms with Crippen LogP contribution in [-0.4, -0.2) is 31.5 Å². The lowest BCUT2D eigenvalue weighted by atomic mass is 10.2. The monoisotopic (exact) mass is 467 g/mol. The van der Waals surface area contributed by atoms with Gasteiger partial charge in [0.15, 0.2) is 28.6 Å². The van der Waals surface area contributed by atoms with Gasteiger partial charge in [0.1, 0.15) is 6.61 Å². The quantitative estimate of drug-likeness (QED) is 0.278. The maximum absolute atomic E-state index is 6.10. The molecule has 0 radical (unpaired) electrons. The standard InChI is InChI=1S/C22H18ClN5O3S/c1-2-10-28-21(18-12-29-16-8-3-4-9-17(16)30-18)25-26-22(28)32-13-19-24-20(27-31-19)14-6-5-7-15(23)11-14/h2-9,11,18H,1,10,12-13H2. The molecule has 1 aliphatic heterocycles. The molecule has 0 amide bonds. The predicted octanol–water partition coefficient (Wildman–Crippen LogP) is 4.97. The van der Waals surface area contributed by atoms with Gasteiger partial charge in [-0.1, -0.05) is 58.9 Å². The SMILES string of the molecule is C=CCn1c(SCc2nc(-c3cccc(Cl)c3)no2)nnc1C1COc2ccccc2O1. The Morgan fingerprint density at radius 1 is 1.16 bits per heavy atom. The molecule has 162 valence electrons. The Kier molecular flexibility index (Phi) is 5.83. The zero-order valence-electron chi connectivity index (χ0n) is 16.8. The Morgan fingerprint density at radius 3 is 2.88 bits per heavy atom. The summed E-state index contributed by atoms with van der Waals surface area (Å²) in [5.74, 6) is 3.49. The van der Waals surface area contributed by atoms with E-state index in [1.54, 1.807) is 18.2 Å². The van der Waals surface area contributed by atoms with E-state index in [2.05, 4.69) is 26.9 Å². The fourth-order valence-electron chi connectivity index (χ4n) is 3.28. The molecule has 0 N–H and O–H groups in total. The summed E-state index contributed by atoms with van der Waals surface area (Å²) < 4.78 is 19.3. The molecule has 0 spiro atoms. The molecule has 0 bridgehead atoms. The highest BCUT2D eigenvalue weighted by molar-refractivity contribution is 7.98. The molecule has 0 saturated carbocycles. The predicted molar refractivity (Wildman–Crippen MR) is 120 cm³/mol. The molecule has 0 fully saturated rings. The highest BCUT2D eigenvalue weighted by atomic mass is 35.5. The minimum absolute atomic E-state index is 0.351. The van der Waals surface area contributed by atoms with Crippen molar-refractivity contribution in [3.05, 3.63) is 77.9 Å². The van der Waals surface area contributed by atoms with Crippen LogP contribution in [0.3, 0.4) is 0 Å². The van der Waals surface area contributed by atoms with Gasteiger partial charge in [0.2, 0.25) is 11.7 Å². The number of para-hydroxylation sites is 2. The number of hydrogen-bond acceptors (Lipinski definition) is 8. The van der Waals surface area contributed by atoms with E-state index in [1.165, 1.54) is 11.8 Å². The third-order valence-electron chi connectivity index (χ3n) is 4.73. The third kappa shape index (κ3) is 4.21. The van der Waals surface area contributed by atoms with Crippen molar-refractivity contribution in [3.63, 3.8) is 0 Å². The summed E-state index contributed by atoms with van der Waals surface area (Å²) in [7, 11) is 0. The molecule has 8 nitrogen and oxygen atoms in total. The van der Waals surface area contributed by atoms with E-state index in [1.807, 2.05) is 41.0 Å². The van der Waals surface area contributed by atoms with E-state index < -0.39 is 0 Å². The lowest BCUT2D eigenvalue weighted by Crippen LogP contribution is -2.25. The summed E-state index contributed by atoms with van der Waals surface area (Å²) in [6, 6.07) is 14.9. The van der Waals surface area contributed by atoms with Crippen LogP contribution in [0.5, 0.6) is 11.5 Å². The molecule has 0 aliphatic carbocycles. The van der Waals surface area contributed by atoms with Crippen LogP contribution < -0.4 is 9.47 Å². The first-order chi connectivity index (χ1) is 15.7. The lowest BCUT2D eigenvalue weighted by molar-refractivity contribution is 0.0821. The number of thioether (sulfide) groups is 1. The number of ether oxygens (including phenoxy) is 2. The smallest absolute Gasteiger partial charge is 0.237 e. The van der Waals surface area contributed by atoms with E-state index >= 15 is 0 Å². The van der Waals surface area contributed by atoms with Crippen molar-refractivity contribution in [2.24, 2.45) is 0 Å². The molecule has 3 heterocycles. The largest absolute Gasteiger partial charge is 0.485 e. The average molecular weight is 468 g/mol. The second-order valence-corrected chi connectivity index (χ2v) is 8.29. The van der Waals surface area contributed by atoms with Crippen molar-refractivity contribution in [2.75, 3.05) is 6.61 Å². The van der Waals surface area contributed by atoms with Crippen LogP contribution in [0, 0.1) is 0 Å². The molecule has 2 aromatic heterocycles. The van der Waals surface area contributed by atoms with E-state index in [0.29, 0.717) is 52.4 Å². The van der Waals surface area contributed by atoms with Gasteiger partial charge in [0, 0.05) is 17.1 Å². The number of benzene rings is 2. The molecule has 1 atom stereocenters. The van der Waals surface area contributed by atoms with Gasteiger partial charge in [-0.05, 0) is 24.3 Å². The van der Waals surface area contributed by atoms with Gasteiger partial charge in [-0.15, -0.1) is 16.8 Å². The minimum atomic E-state index is -0.371. The number of hydrogen-bond donors (Lipinski definition) is 0.